The van der Waals surface area contributed by atoms with Crippen LogP contribution >= 0.6 is 0 Å². The van der Waals surface area contributed by atoms with Gasteiger partial charge in [0, 0.05) is 31.2 Å². The van der Waals surface area contributed by atoms with E-state index in [1.54, 1.807) is 0 Å². The molecule has 3 nitrogen and oxygen atoms in total. The van der Waals surface area contributed by atoms with Crippen LogP contribution < -0.4 is 0 Å². The number of hydrogen-bond donors (Lipinski definition) is 0. The summed E-state index contributed by atoms with van der Waals surface area (Å²) in [6, 6.07) is 44.1. The van der Waals surface area contributed by atoms with Crippen LogP contribution in [0.1, 0.15) is 0 Å². The second kappa shape index (κ2) is 10.1. The molecule has 2 aromatic heterocycles. The number of benzene rings is 4. The number of rotatable bonds is 4. The molecule has 0 aliphatic heterocycles. The molecule has 169 valence electrons. The Hall–Kier alpha value is -3.98. The Kier molecular flexibility index (Phi) is 6.58. The van der Waals surface area contributed by atoms with Gasteiger partial charge in [-0.05, 0) is 23.2 Å². The average Bonchev–Trinajstić information content (AvgIpc) is 2.93. The molecule has 0 atom stereocenters. The molecule has 35 heavy (non-hydrogen) atoms. The fraction of sp³-hybridized carbons (Fsp3) is 0. The Morgan fingerprint density at radius 3 is 1.80 bits per heavy atom. The third kappa shape index (κ3) is 4.81. The predicted molar refractivity (Wildman–Crippen MR) is 138 cm³/mol. The van der Waals surface area contributed by atoms with Crippen LogP contribution in [0.25, 0.3) is 56.1 Å². The number of fused-ring (bicyclic) bond motifs is 1. The summed E-state index contributed by atoms with van der Waals surface area (Å²) in [5.74, 6) is 0.677. The van der Waals surface area contributed by atoms with Crippen LogP contribution in [0.15, 0.2) is 121 Å². The van der Waals surface area contributed by atoms with Crippen molar-refractivity contribution in [2.45, 2.75) is 0 Å². The van der Waals surface area contributed by atoms with Crippen LogP contribution in [-0.4, -0.2) is 15.0 Å². The first kappa shape index (κ1) is 22.8. The molecule has 6 aromatic rings. The van der Waals surface area contributed by atoms with Gasteiger partial charge in [0.1, 0.15) is 5.82 Å². The molecule has 6 rings (SSSR count). The first-order chi connectivity index (χ1) is 16.8. The number of para-hydroxylation sites is 1. The summed E-state index contributed by atoms with van der Waals surface area (Å²) >= 11 is 0. The Balaban J connectivity index is 0.00000253. The fourth-order valence-corrected chi connectivity index (χ4v) is 4.06. The average molecular weight is 627 g/mol. The maximum absolute atomic E-state index is 4.94. The smallest absolute Gasteiger partial charge is 0.142 e. The van der Waals surface area contributed by atoms with Gasteiger partial charge in [-0.2, -0.15) is 0 Å². The van der Waals surface area contributed by atoms with Crippen LogP contribution in [0.5, 0.6) is 0 Å². The minimum Gasteiger partial charge on any atom is -0.296 e. The van der Waals surface area contributed by atoms with Gasteiger partial charge < -0.3 is 0 Å². The summed E-state index contributed by atoms with van der Waals surface area (Å²) in [5, 5.41) is 1.12. The van der Waals surface area contributed by atoms with Crippen LogP contribution in [0, 0.1) is 6.07 Å². The zero-order valence-electron chi connectivity index (χ0n) is 18.7. The first-order valence-electron chi connectivity index (χ1n) is 11.2. The Bertz CT molecular complexity index is 1540. The monoisotopic (exact) mass is 627 g/mol. The molecule has 0 amide bonds. The molecule has 4 aromatic carbocycles. The van der Waals surface area contributed by atoms with Crippen LogP contribution in [0.3, 0.4) is 0 Å². The molecule has 0 N–H and O–H groups in total. The van der Waals surface area contributed by atoms with Gasteiger partial charge in [0.15, 0.2) is 0 Å². The second-order valence-corrected chi connectivity index (χ2v) is 8.07. The van der Waals surface area contributed by atoms with E-state index in [2.05, 4.69) is 54.6 Å². The molecule has 0 saturated heterocycles. The summed E-state index contributed by atoms with van der Waals surface area (Å²) in [6.45, 7) is 0. The third-order valence-electron chi connectivity index (χ3n) is 5.80. The van der Waals surface area contributed by atoms with Crippen molar-refractivity contribution >= 4 is 10.9 Å². The van der Waals surface area contributed by atoms with Gasteiger partial charge in [0.25, 0.3) is 0 Å². The molecule has 0 aliphatic carbocycles. The second-order valence-electron chi connectivity index (χ2n) is 8.07. The van der Waals surface area contributed by atoms with Crippen molar-refractivity contribution in [2.75, 3.05) is 0 Å². The summed E-state index contributed by atoms with van der Waals surface area (Å²) < 4.78 is 0. The summed E-state index contributed by atoms with van der Waals surface area (Å²) in [4.78, 5) is 14.7. The molecule has 0 unspecified atom stereocenters. The number of hydrogen-bond acceptors (Lipinski definition) is 3. The molecular formula is C31H20IrN3-. The molecule has 2 heterocycles. The van der Waals surface area contributed by atoms with E-state index in [0.29, 0.717) is 5.82 Å². The number of aromatic nitrogens is 3. The van der Waals surface area contributed by atoms with Crippen molar-refractivity contribution in [3.8, 4) is 45.2 Å². The van der Waals surface area contributed by atoms with E-state index < -0.39 is 0 Å². The largest absolute Gasteiger partial charge is 0.296 e. The Morgan fingerprint density at radius 1 is 0.486 bits per heavy atom. The zero-order chi connectivity index (χ0) is 22.7. The summed E-state index contributed by atoms with van der Waals surface area (Å²) in [5.41, 5.74) is 7.59. The van der Waals surface area contributed by atoms with Gasteiger partial charge >= 0.3 is 0 Å². The number of nitrogens with zero attached hydrogens (tertiary/aromatic N) is 3. The summed E-state index contributed by atoms with van der Waals surface area (Å²) in [6.07, 6.45) is 0. The van der Waals surface area contributed by atoms with Crippen molar-refractivity contribution < 1.29 is 20.1 Å². The van der Waals surface area contributed by atoms with Gasteiger partial charge in [0.2, 0.25) is 0 Å². The van der Waals surface area contributed by atoms with Crippen molar-refractivity contribution in [1.29, 1.82) is 0 Å². The standard InChI is InChI=1S/C31H20N3.Ir/c1-3-10-22(11-4-1)29-21-30(23-12-5-2-6-13-23)34-31(33-29)26-16-9-15-25(20-26)28-19-18-24-14-7-8-17-27(24)32-28;/h1-14,16-21H;/q-1;. The van der Waals surface area contributed by atoms with E-state index in [4.69, 9.17) is 15.0 Å². The maximum atomic E-state index is 4.94. The van der Waals surface area contributed by atoms with E-state index in [0.717, 1.165) is 50.2 Å². The zero-order valence-corrected chi connectivity index (χ0v) is 21.1. The molecule has 0 spiro atoms. The van der Waals surface area contributed by atoms with Crippen molar-refractivity contribution in [2.24, 2.45) is 0 Å². The first-order valence-corrected chi connectivity index (χ1v) is 11.2. The van der Waals surface area contributed by atoms with Gasteiger partial charge in [-0.15, -0.1) is 29.8 Å². The van der Waals surface area contributed by atoms with Gasteiger partial charge in [-0.3, -0.25) is 4.98 Å². The summed E-state index contributed by atoms with van der Waals surface area (Å²) in [7, 11) is 0. The molecule has 0 bridgehead atoms. The predicted octanol–water partition coefficient (Wildman–Crippen LogP) is 7.49. The topological polar surface area (TPSA) is 38.7 Å². The third-order valence-corrected chi connectivity index (χ3v) is 5.80. The Labute approximate surface area is 217 Å². The molecule has 1 radical (unpaired) electrons. The molecule has 0 fully saturated rings. The molecular weight excluding hydrogens is 607 g/mol. The van der Waals surface area contributed by atoms with E-state index in [-0.39, 0.29) is 20.1 Å². The Morgan fingerprint density at radius 2 is 1.11 bits per heavy atom. The van der Waals surface area contributed by atoms with E-state index >= 15 is 0 Å². The fourth-order valence-electron chi connectivity index (χ4n) is 4.06. The van der Waals surface area contributed by atoms with Crippen LogP contribution in [0.2, 0.25) is 0 Å². The van der Waals surface area contributed by atoms with E-state index in [1.165, 1.54) is 0 Å². The van der Waals surface area contributed by atoms with Crippen molar-refractivity contribution in [3.05, 3.63) is 127 Å². The normalized spacial score (nSPS) is 10.6. The van der Waals surface area contributed by atoms with Gasteiger partial charge in [0.05, 0.1) is 16.9 Å². The van der Waals surface area contributed by atoms with Gasteiger partial charge in [-0.1, -0.05) is 96.6 Å². The van der Waals surface area contributed by atoms with Crippen molar-refractivity contribution in [1.82, 2.24) is 15.0 Å². The quantitative estimate of drug-likeness (QED) is 0.190. The van der Waals surface area contributed by atoms with E-state index in [9.17, 15) is 0 Å². The van der Waals surface area contributed by atoms with Crippen LogP contribution in [-0.2, 0) is 20.1 Å². The van der Waals surface area contributed by atoms with E-state index in [1.807, 2.05) is 72.8 Å². The molecule has 0 saturated carbocycles. The van der Waals surface area contributed by atoms with Crippen LogP contribution in [0.4, 0.5) is 0 Å². The number of pyridine rings is 1. The molecule has 4 heteroatoms. The minimum absolute atomic E-state index is 0. The van der Waals surface area contributed by atoms with Crippen molar-refractivity contribution in [3.63, 3.8) is 0 Å². The molecule has 0 aliphatic rings. The maximum Gasteiger partial charge on any atom is 0.142 e. The minimum atomic E-state index is 0. The van der Waals surface area contributed by atoms with Gasteiger partial charge in [-0.25, -0.2) is 9.97 Å². The SMILES string of the molecule is [Ir].[c-]1ccc(-c2nc(-c3ccccc3)cc(-c3ccccc3)n2)cc1-c1ccc2ccccc2n1.